The van der Waals surface area contributed by atoms with E-state index in [0.29, 0.717) is 0 Å². The molecule has 0 aromatic heterocycles. The largest absolute Gasteiger partial charge is 0.459 e. The van der Waals surface area contributed by atoms with Crippen LogP contribution in [0.25, 0.3) is 0 Å². The third-order valence-electron chi connectivity index (χ3n) is 6.64. The minimum Gasteiger partial charge on any atom is -0.459 e. The van der Waals surface area contributed by atoms with Gasteiger partial charge in [0, 0.05) is 7.11 Å². The maximum Gasteiger partial charge on any atom is 0.338 e. The van der Waals surface area contributed by atoms with Gasteiger partial charge < -0.3 is 24.1 Å². The van der Waals surface area contributed by atoms with Gasteiger partial charge in [-0.25, -0.2) is 4.79 Å². The predicted molar refractivity (Wildman–Crippen MR) is 134 cm³/mol. The second-order valence-corrected chi connectivity index (χ2v) is 9.02. The number of rotatable bonds is 8. The molecule has 3 aromatic carbocycles. The molecule has 2 amide bonds. The van der Waals surface area contributed by atoms with E-state index in [2.05, 4.69) is 0 Å². The molecular weight excluding hydrogens is 490 g/mol. The number of imide groups is 1. The zero-order valence-electron chi connectivity index (χ0n) is 20.6. The van der Waals surface area contributed by atoms with Crippen molar-refractivity contribution in [2.45, 2.75) is 43.9 Å². The summed E-state index contributed by atoms with van der Waals surface area (Å²) in [6, 6.07) is 23.5. The van der Waals surface area contributed by atoms with Gasteiger partial charge in [0.1, 0.15) is 24.9 Å². The van der Waals surface area contributed by atoms with Crippen molar-refractivity contribution < 1.29 is 38.4 Å². The monoisotopic (exact) mass is 517 g/mol. The lowest BCUT2D eigenvalue weighted by molar-refractivity contribution is -0.276. The second-order valence-electron chi connectivity index (χ2n) is 9.02. The fourth-order valence-corrected chi connectivity index (χ4v) is 4.75. The number of carbonyl (C=O) groups is 3. The third-order valence-corrected chi connectivity index (χ3v) is 6.64. The summed E-state index contributed by atoms with van der Waals surface area (Å²) < 4.78 is 22.9. The molecule has 196 valence electrons. The Morgan fingerprint density at radius 2 is 1.37 bits per heavy atom. The number of amides is 2. The van der Waals surface area contributed by atoms with Gasteiger partial charge in [-0.05, 0) is 23.3 Å². The molecule has 0 bridgehead atoms. The lowest BCUT2D eigenvalue weighted by atomic mass is 9.94. The molecule has 0 saturated carbocycles. The van der Waals surface area contributed by atoms with E-state index in [0.717, 1.165) is 16.0 Å². The molecule has 2 aliphatic heterocycles. The van der Waals surface area contributed by atoms with Crippen LogP contribution in [0.3, 0.4) is 0 Å². The van der Waals surface area contributed by atoms with Gasteiger partial charge in [0.05, 0.1) is 17.7 Å². The van der Waals surface area contributed by atoms with Crippen molar-refractivity contribution in [1.82, 2.24) is 4.90 Å². The number of aliphatic hydroxyl groups is 1. The number of methoxy groups -OCH3 is 1. The van der Waals surface area contributed by atoms with Crippen LogP contribution in [-0.2, 0) is 37.0 Å². The Labute approximate surface area is 219 Å². The Hall–Kier alpha value is -3.89. The molecule has 1 N–H and O–H groups in total. The molecule has 2 aliphatic rings. The van der Waals surface area contributed by atoms with Crippen molar-refractivity contribution >= 4 is 17.8 Å². The Morgan fingerprint density at radius 3 is 1.92 bits per heavy atom. The van der Waals surface area contributed by atoms with E-state index >= 15 is 0 Å². The molecule has 0 radical (unpaired) electrons. The van der Waals surface area contributed by atoms with Crippen LogP contribution in [0.5, 0.6) is 0 Å². The number of hydrogen-bond acceptors (Lipinski definition) is 8. The molecule has 0 unspecified atom stereocenters. The van der Waals surface area contributed by atoms with Gasteiger partial charge in [0.15, 0.2) is 12.4 Å². The quantitative estimate of drug-likeness (QED) is 0.359. The first-order valence-corrected chi connectivity index (χ1v) is 12.2. The normalized spacial score (nSPS) is 24.8. The molecule has 3 aromatic rings. The maximum absolute atomic E-state index is 13.3. The average molecular weight is 518 g/mol. The molecule has 9 heteroatoms. The SMILES string of the molecule is CO[C@@H]1O[C@H](C(=O)OCc2ccccc2)[C@@H](O)[C@H](OCc2ccccc2)[C@H]1N1C(=O)c2ccccc2C1=O. The average Bonchev–Trinajstić information content (AvgIpc) is 3.21. The Balaban J connectivity index is 1.43. The van der Waals surface area contributed by atoms with E-state index in [-0.39, 0.29) is 24.3 Å². The van der Waals surface area contributed by atoms with E-state index in [1.165, 1.54) is 7.11 Å². The molecule has 0 spiro atoms. The van der Waals surface area contributed by atoms with E-state index < -0.39 is 48.4 Å². The fraction of sp³-hybridized carbons (Fsp3) is 0.276. The number of benzene rings is 3. The van der Waals surface area contributed by atoms with Crippen LogP contribution in [-0.4, -0.2) is 65.5 Å². The first-order chi connectivity index (χ1) is 18.5. The number of ether oxygens (including phenoxy) is 4. The smallest absolute Gasteiger partial charge is 0.338 e. The molecule has 9 nitrogen and oxygen atoms in total. The van der Waals surface area contributed by atoms with Gasteiger partial charge in [-0.3, -0.25) is 14.5 Å². The van der Waals surface area contributed by atoms with Crippen LogP contribution >= 0.6 is 0 Å². The van der Waals surface area contributed by atoms with Gasteiger partial charge >= 0.3 is 5.97 Å². The summed E-state index contributed by atoms with van der Waals surface area (Å²) in [7, 11) is 1.33. The van der Waals surface area contributed by atoms with Crippen molar-refractivity contribution in [3.63, 3.8) is 0 Å². The van der Waals surface area contributed by atoms with Crippen LogP contribution in [0.2, 0.25) is 0 Å². The lowest BCUT2D eigenvalue weighted by Crippen LogP contribution is -2.67. The van der Waals surface area contributed by atoms with Crippen molar-refractivity contribution in [3.8, 4) is 0 Å². The summed E-state index contributed by atoms with van der Waals surface area (Å²) in [5.41, 5.74) is 2.01. The molecule has 5 atom stereocenters. The molecule has 2 heterocycles. The van der Waals surface area contributed by atoms with Crippen LogP contribution in [0.1, 0.15) is 31.8 Å². The second kappa shape index (κ2) is 11.2. The molecule has 38 heavy (non-hydrogen) atoms. The molecule has 1 saturated heterocycles. The highest BCUT2D eigenvalue weighted by Crippen LogP contribution is 2.34. The predicted octanol–water partition coefficient (Wildman–Crippen LogP) is 2.71. The van der Waals surface area contributed by atoms with E-state index in [9.17, 15) is 19.5 Å². The van der Waals surface area contributed by atoms with Gasteiger partial charge in [-0.2, -0.15) is 0 Å². The van der Waals surface area contributed by atoms with E-state index in [4.69, 9.17) is 18.9 Å². The number of aliphatic hydroxyl groups excluding tert-OH is 1. The fourth-order valence-electron chi connectivity index (χ4n) is 4.75. The number of fused-ring (bicyclic) bond motifs is 1. The topological polar surface area (TPSA) is 112 Å². The number of nitrogens with zero attached hydrogens (tertiary/aromatic N) is 1. The number of hydrogen-bond donors (Lipinski definition) is 1. The first-order valence-electron chi connectivity index (χ1n) is 12.2. The molecule has 1 fully saturated rings. The number of esters is 1. The van der Waals surface area contributed by atoms with Crippen molar-refractivity contribution in [1.29, 1.82) is 0 Å². The van der Waals surface area contributed by atoms with Gasteiger partial charge in [-0.15, -0.1) is 0 Å². The van der Waals surface area contributed by atoms with E-state index in [1.54, 1.807) is 36.4 Å². The Kier molecular flexibility index (Phi) is 7.62. The van der Waals surface area contributed by atoms with Crippen molar-refractivity contribution in [2.75, 3.05) is 7.11 Å². The van der Waals surface area contributed by atoms with Gasteiger partial charge in [-0.1, -0.05) is 72.8 Å². The van der Waals surface area contributed by atoms with Gasteiger partial charge in [0.2, 0.25) is 0 Å². The minimum absolute atomic E-state index is 0.0265. The summed E-state index contributed by atoms with van der Waals surface area (Å²) in [5.74, 6) is -1.95. The lowest BCUT2D eigenvalue weighted by Gasteiger charge is -2.45. The van der Waals surface area contributed by atoms with Gasteiger partial charge in [0.25, 0.3) is 11.8 Å². The molecular formula is C29H27NO8. The van der Waals surface area contributed by atoms with Crippen LogP contribution in [0.15, 0.2) is 84.9 Å². The van der Waals surface area contributed by atoms with E-state index in [1.807, 2.05) is 48.5 Å². The summed E-state index contributed by atoms with van der Waals surface area (Å²) in [6.07, 6.45) is -5.53. The first kappa shape index (κ1) is 25.7. The Bertz CT molecular complexity index is 1260. The Morgan fingerprint density at radius 1 is 0.842 bits per heavy atom. The van der Waals surface area contributed by atoms with Crippen molar-refractivity contribution in [2.24, 2.45) is 0 Å². The highest BCUT2D eigenvalue weighted by molar-refractivity contribution is 6.21. The summed E-state index contributed by atoms with van der Waals surface area (Å²) in [6.45, 7) is 0.0196. The van der Waals surface area contributed by atoms with Crippen LogP contribution in [0.4, 0.5) is 0 Å². The van der Waals surface area contributed by atoms with Crippen molar-refractivity contribution in [3.05, 3.63) is 107 Å². The minimum atomic E-state index is -1.57. The zero-order chi connectivity index (χ0) is 26.6. The molecule has 5 rings (SSSR count). The molecule has 0 aliphatic carbocycles. The highest BCUT2D eigenvalue weighted by Gasteiger charge is 2.56. The number of carbonyl (C=O) groups excluding carboxylic acids is 3. The summed E-state index contributed by atoms with van der Waals surface area (Å²) in [5, 5.41) is 11.4. The maximum atomic E-state index is 13.3. The van der Waals surface area contributed by atoms with Crippen LogP contribution in [0, 0.1) is 0 Å². The zero-order valence-corrected chi connectivity index (χ0v) is 20.6. The summed E-state index contributed by atoms with van der Waals surface area (Å²) in [4.78, 5) is 40.7. The standard InChI is InChI=1S/C29H27NO8/c1-35-29-22(30-26(32)20-14-8-9-15-21(20)27(30)33)24(36-16-18-10-4-2-5-11-18)23(31)25(38-29)28(34)37-17-19-12-6-3-7-13-19/h2-15,22-25,29,31H,16-17H2,1H3/t22-,23+,24-,25+,29-/m1/s1. The highest BCUT2D eigenvalue weighted by atomic mass is 16.7. The van der Waals surface area contributed by atoms with Crippen LogP contribution < -0.4 is 0 Å². The summed E-state index contributed by atoms with van der Waals surface area (Å²) >= 11 is 0. The third kappa shape index (κ3) is 4.97.